The van der Waals surface area contributed by atoms with E-state index >= 15 is 0 Å². The zero-order valence-electron chi connectivity index (χ0n) is 19.4. The van der Waals surface area contributed by atoms with Crippen molar-refractivity contribution in [1.29, 1.82) is 0 Å². The van der Waals surface area contributed by atoms with E-state index in [4.69, 9.17) is 0 Å². The van der Waals surface area contributed by atoms with Crippen LogP contribution in [0, 0.1) is 34.5 Å². The van der Waals surface area contributed by atoms with E-state index in [0.717, 1.165) is 43.1 Å². The molecule has 0 aliphatic heterocycles. The van der Waals surface area contributed by atoms with Crippen molar-refractivity contribution >= 4 is 16.7 Å². The summed E-state index contributed by atoms with van der Waals surface area (Å²) in [4.78, 5) is 4.62. The Morgan fingerprint density at radius 2 is 1.82 bits per heavy atom. The van der Waals surface area contributed by atoms with Crippen LogP contribution in [0.15, 0.2) is 36.7 Å². The first-order valence-electron chi connectivity index (χ1n) is 12.5. The monoisotopic (exact) mass is 458 g/mol. The molecule has 0 spiro atoms. The predicted molar refractivity (Wildman–Crippen MR) is 122 cm³/mol. The third kappa shape index (κ3) is 2.88. The maximum absolute atomic E-state index is 13.6. The van der Waals surface area contributed by atoms with E-state index in [1.807, 2.05) is 18.5 Å². The minimum atomic E-state index is -4.53. The number of fused-ring (bicyclic) bond motifs is 6. The van der Waals surface area contributed by atoms with E-state index in [1.165, 1.54) is 5.70 Å². The number of allylic oxidation sites excluding steroid dienone is 2. The van der Waals surface area contributed by atoms with E-state index in [-0.39, 0.29) is 29.6 Å². The van der Waals surface area contributed by atoms with Gasteiger partial charge in [-0.1, -0.05) is 32.1 Å². The Bertz CT molecular complexity index is 1120. The normalized spacial score (nSPS) is 43.0. The fourth-order valence-corrected chi connectivity index (χ4v) is 8.57. The SMILES string of the molecule is C[C@]12CC[C@@](O)(C(F)(F)F)CC1CC[C@@H]1[C@@H]2CC[C@]2(C)C(n3cnc4ccccc43)=CC[C@@H]12. The Hall–Kier alpha value is -1.82. The highest BCUT2D eigenvalue weighted by Crippen LogP contribution is 2.68. The second-order valence-electron chi connectivity index (χ2n) is 11.8. The van der Waals surface area contributed by atoms with Gasteiger partial charge in [-0.3, -0.25) is 0 Å². The number of hydrogen-bond acceptors (Lipinski definition) is 2. The van der Waals surface area contributed by atoms with Crippen molar-refractivity contribution in [2.24, 2.45) is 34.5 Å². The van der Waals surface area contributed by atoms with Gasteiger partial charge < -0.3 is 9.67 Å². The van der Waals surface area contributed by atoms with Gasteiger partial charge in [-0.2, -0.15) is 13.2 Å². The van der Waals surface area contributed by atoms with Crippen LogP contribution in [0.1, 0.15) is 65.2 Å². The van der Waals surface area contributed by atoms with Gasteiger partial charge in [0.2, 0.25) is 0 Å². The maximum Gasteiger partial charge on any atom is 0.417 e. The highest BCUT2D eigenvalue weighted by molar-refractivity contribution is 5.80. The number of aliphatic hydroxyl groups is 1. The summed E-state index contributed by atoms with van der Waals surface area (Å²) in [5, 5.41) is 10.4. The van der Waals surface area contributed by atoms with Crippen molar-refractivity contribution in [2.75, 3.05) is 0 Å². The molecule has 4 aliphatic rings. The van der Waals surface area contributed by atoms with Crippen LogP contribution in [0.25, 0.3) is 16.7 Å². The van der Waals surface area contributed by atoms with E-state index in [9.17, 15) is 18.3 Å². The minimum Gasteiger partial charge on any atom is -0.380 e. The first kappa shape index (κ1) is 21.7. The van der Waals surface area contributed by atoms with Crippen molar-refractivity contribution < 1.29 is 18.3 Å². The number of rotatable bonds is 1. The number of hydrogen-bond donors (Lipinski definition) is 1. The Morgan fingerprint density at radius 3 is 2.61 bits per heavy atom. The molecule has 4 aliphatic carbocycles. The van der Waals surface area contributed by atoms with E-state index in [1.54, 1.807) is 0 Å². The molecule has 1 heterocycles. The molecule has 7 atom stereocenters. The molecule has 3 saturated carbocycles. The van der Waals surface area contributed by atoms with Crippen LogP contribution in [0.4, 0.5) is 13.2 Å². The predicted octanol–water partition coefficient (Wildman–Crippen LogP) is 6.82. The van der Waals surface area contributed by atoms with Crippen molar-refractivity contribution in [1.82, 2.24) is 9.55 Å². The Kier molecular flexibility index (Phi) is 4.51. The first-order valence-corrected chi connectivity index (χ1v) is 12.5. The molecule has 6 heteroatoms. The second-order valence-corrected chi connectivity index (χ2v) is 11.8. The average molecular weight is 459 g/mol. The highest BCUT2D eigenvalue weighted by Gasteiger charge is 2.64. The van der Waals surface area contributed by atoms with E-state index in [2.05, 4.69) is 41.6 Å². The van der Waals surface area contributed by atoms with E-state index in [0.29, 0.717) is 24.2 Å². The fraction of sp³-hybridized carbons (Fsp3) is 0.667. The number of imidazole rings is 1. The summed E-state index contributed by atoms with van der Waals surface area (Å²) in [6, 6.07) is 8.24. The summed E-state index contributed by atoms with van der Waals surface area (Å²) < 4.78 is 43.0. The summed E-state index contributed by atoms with van der Waals surface area (Å²) in [7, 11) is 0. The molecule has 0 saturated heterocycles. The third-order valence-electron chi connectivity index (χ3n) is 10.5. The van der Waals surface area contributed by atoms with Gasteiger partial charge in [0.25, 0.3) is 0 Å². The van der Waals surface area contributed by atoms with Gasteiger partial charge in [-0.15, -0.1) is 0 Å². The lowest BCUT2D eigenvalue weighted by Crippen LogP contribution is -2.59. The Labute approximate surface area is 193 Å². The van der Waals surface area contributed by atoms with Gasteiger partial charge in [-0.05, 0) is 92.6 Å². The lowest BCUT2D eigenvalue weighted by atomic mass is 9.44. The van der Waals surface area contributed by atoms with Gasteiger partial charge in [0.15, 0.2) is 5.60 Å². The summed E-state index contributed by atoms with van der Waals surface area (Å²) in [5.74, 6) is 1.45. The molecule has 3 fully saturated rings. The van der Waals surface area contributed by atoms with Crippen molar-refractivity contribution in [3.8, 4) is 0 Å². The number of benzene rings is 1. The third-order valence-corrected chi connectivity index (χ3v) is 10.5. The standard InChI is InChI=1S/C27H33F3N2O/c1-24-13-14-26(33,27(28,29)30)15-17(24)7-8-18-19-9-10-23(25(19,2)12-11-20(18)24)32-16-31-21-5-3-4-6-22(21)32/h3-6,10,16-20,33H,7-9,11-15H2,1-2H3/t17?,18-,19-,20-,24-,25-,26-/m0/s1. The lowest BCUT2D eigenvalue weighted by molar-refractivity contribution is -0.289. The van der Waals surface area contributed by atoms with Crippen LogP contribution in [0.3, 0.4) is 0 Å². The fourth-order valence-electron chi connectivity index (χ4n) is 8.57. The van der Waals surface area contributed by atoms with Gasteiger partial charge in [0.05, 0.1) is 11.0 Å². The molecule has 1 unspecified atom stereocenters. The number of aromatic nitrogens is 2. The smallest absolute Gasteiger partial charge is 0.380 e. The zero-order chi connectivity index (χ0) is 23.2. The van der Waals surface area contributed by atoms with Crippen molar-refractivity contribution in [3.63, 3.8) is 0 Å². The topological polar surface area (TPSA) is 38.0 Å². The average Bonchev–Trinajstić information content (AvgIpc) is 3.34. The van der Waals surface area contributed by atoms with Crippen molar-refractivity contribution in [2.45, 2.75) is 77.0 Å². The molecular formula is C27H33F3N2O. The Balaban J connectivity index is 1.29. The largest absolute Gasteiger partial charge is 0.417 e. The van der Waals surface area contributed by atoms with Crippen LogP contribution < -0.4 is 0 Å². The lowest BCUT2D eigenvalue weighted by Gasteiger charge is -2.61. The molecule has 0 radical (unpaired) electrons. The molecular weight excluding hydrogens is 425 g/mol. The Morgan fingerprint density at radius 1 is 1.03 bits per heavy atom. The van der Waals surface area contributed by atoms with Crippen LogP contribution in [0.2, 0.25) is 0 Å². The van der Waals surface area contributed by atoms with Gasteiger partial charge in [-0.25, -0.2) is 4.98 Å². The molecule has 6 rings (SSSR count). The number of nitrogens with zero attached hydrogens (tertiary/aromatic N) is 2. The summed E-state index contributed by atoms with van der Waals surface area (Å²) in [5.41, 5.74) is 0.953. The van der Waals surface area contributed by atoms with Crippen LogP contribution >= 0.6 is 0 Å². The van der Waals surface area contributed by atoms with Gasteiger partial charge in [0.1, 0.15) is 6.33 Å². The van der Waals surface area contributed by atoms with E-state index < -0.39 is 11.8 Å². The summed E-state index contributed by atoms with van der Waals surface area (Å²) in [6.45, 7) is 4.64. The zero-order valence-corrected chi connectivity index (χ0v) is 19.4. The maximum atomic E-state index is 13.6. The quantitative estimate of drug-likeness (QED) is 0.509. The highest BCUT2D eigenvalue weighted by atomic mass is 19.4. The van der Waals surface area contributed by atoms with Gasteiger partial charge >= 0.3 is 6.18 Å². The summed E-state index contributed by atoms with van der Waals surface area (Å²) >= 11 is 0. The summed E-state index contributed by atoms with van der Waals surface area (Å²) in [6.07, 6.45) is 4.94. The molecule has 1 aromatic carbocycles. The minimum absolute atomic E-state index is 0.0464. The molecule has 0 bridgehead atoms. The molecule has 3 nitrogen and oxygen atoms in total. The number of para-hydroxylation sites is 2. The molecule has 2 aromatic rings. The second kappa shape index (κ2) is 6.87. The molecule has 0 amide bonds. The molecule has 33 heavy (non-hydrogen) atoms. The van der Waals surface area contributed by atoms with Crippen LogP contribution in [-0.2, 0) is 0 Å². The van der Waals surface area contributed by atoms with Crippen molar-refractivity contribution in [3.05, 3.63) is 36.7 Å². The number of halogens is 3. The van der Waals surface area contributed by atoms with Gasteiger partial charge in [0, 0.05) is 11.1 Å². The molecule has 1 aromatic heterocycles. The molecule has 1 N–H and O–H groups in total. The number of alkyl halides is 3. The van der Waals surface area contributed by atoms with Crippen LogP contribution in [0.5, 0.6) is 0 Å². The first-order chi connectivity index (χ1) is 15.6. The molecule has 178 valence electrons. The van der Waals surface area contributed by atoms with Crippen LogP contribution in [-0.4, -0.2) is 26.4 Å².